The van der Waals surface area contributed by atoms with Gasteiger partial charge in [0, 0.05) is 11.4 Å². The minimum atomic E-state index is -0.110. The molecule has 2 aromatic heterocycles. The fourth-order valence-corrected chi connectivity index (χ4v) is 3.28. The van der Waals surface area contributed by atoms with Gasteiger partial charge in [0.1, 0.15) is 11.5 Å². The van der Waals surface area contributed by atoms with Gasteiger partial charge in [-0.05, 0) is 49.2 Å². The molecule has 4 nitrogen and oxygen atoms in total. The third-order valence-corrected chi connectivity index (χ3v) is 4.73. The number of hydrogen-bond acceptors (Lipinski definition) is 4. The van der Waals surface area contributed by atoms with Gasteiger partial charge in [0.25, 0.3) is 5.91 Å². The monoisotopic (exact) mass is 341 g/mol. The Morgan fingerprint density at radius 2 is 2.04 bits per heavy atom. The highest BCUT2D eigenvalue weighted by atomic mass is 32.1. The van der Waals surface area contributed by atoms with Crippen molar-refractivity contribution in [1.82, 2.24) is 5.32 Å². The molecule has 1 N–H and O–H groups in total. The van der Waals surface area contributed by atoms with Crippen LogP contribution in [0.15, 0.2) is 59.2 Å². The topological polar surface area (TPSA) is 51.5 Å². The Labute approximate surface area is 145 Å². The first-order valence-corrected chi connectivity index (χ1v) is 8.62. The lowest BCUT2D eigenvalue weighted by Gasteiger charge is -2.09. The maximum Gasteiger partial charge on any atom is 0.257 e. The van der Waals surface area contributed by atoms with Crippen molar-refractivity contribution in [2.45, 2.75) is 13.3 Å². The molecular formula is C19H19NO3S. The molecule has 0 aliphatic carbocycles. The normalized spacial score (nSPS) is 10.5. The Morgan fingerprint density at radius 3 is 2.83 bits per heavy atom. The summed E-state index contributed by atoms with van der Waals surface area (Å²) in [5.41, 5.74) is 1.02. The summed E-state index contributed by atoms with van der Waals surface area (Å²) in [6, 6.07) is 15.6. The van der Waals surface area contributed by atoms with Crippen LogP contribution in [0.25, 0.3) is 10.6 Å². The number of furan rings is 1. The average molecular weight is 341 g/mol. The molecule has 0 saturated carbocycles. The Bertz CT molecular complexity index is 793. The van der Waals surface area contributed by atoms with Gasteiger partial charge in [0.2, 0.25) is 0 Å². The average Bonchev–Trinajstić information content (AvgIpc) is 3.25. The van der Waals surface area contributed by atoms with Gasteiger partial charge in [0.05, 0.1) is 11.1 Å². The third-order valence-electron chi connectivity index (χ3n) is 3.57. The Balaban J connectivity index is 1.41. The van der Waals surface area contributed by atoms with Gasteiger partial charge in [-0.2, -0.15) is 0 Å². The van der Waals surface area contributed by atoms with Crippen LogP contribution < -0.4 is 10.1 Å². The predicted octanol–water partition coefficient (Wildman–Crippen LogP) is 4.05. The Hall–Kier alpha value is -2.53. The molecule has 0 spiro atoms. The maximum atomic E-state index is 11.9. The zero-order chi connectivity index (χ0) is 16.8. The predicted molar refractivity (Wildman–Crippen MR) is 95.4 cm³/mol. The molecule has 0 saturated heterocycles. The van der Waals surface area contributed by atoms with Crippen molar-refractivity contribution in [3.63, 3.8) is 0 Å². The van der Waals surface area contributed by atoms with Crippen LogP contribution in [0.4, 0.5) is 0 Å². The van der Waals surface area contributed by atoms with Crippen LogP contribution in [-0.2, 0) is 11.2 Å². The summed E-state index contributed by atoms with van der Waals surface area (Å²) >= 11 is 1.68. The van der Waals surface area contributed by atoms with E-state index in [2.05, 4.69) is 11.4 Å². The highest BCUT2D eigenvalue weighted by Gasteiger charge is 2.07. The summed E-state index contributed by atoms with van der Waals surface area (Å²) in [6.45, 7) is 2.58. The van der Waals surface area contributed by atoms with E-state index < -0.39 is 0 Å². The highest BCUT2D eigenvalue weighted by molar-refractivity contribution is 7.15. The summed E-state index contributed by atoms with van der Waals surface area (Å²) < 4.78 is 10.9. The lowest BCUT2D eigenvalue weighted by Crippen LogP contribution is -2.30. The van der Waals surface area contributed by atoms with Crippen LogP contribution in [0, 0.1) is 6.92 Å². The van der Waals surface area contributed by atoms with E-state index in [0.717, 1.165) is 28.4 Å². The zero-order valence-electron chi connectivity index (χ0n) is 13.5. The van der Waals surface area contributed by atoms with E-state index in [1.54, 1.807) is 17.6 Å². The van der Waals surface area contributed by atoms with E-state index >= 15 is 0 Å². The van der Waals surface area contributed by atoms with Crippen molar-refractivity contribution in [2.24, 2.45) is 0 Å². The largest absolute Gasteiger partial charge is 0.484 e. The molecule has 3 aromatic rings. The molecule has 0 aliphatic rings. The van der Waals surface area contributed by atoms with Crippen LogP contribution in [0.2, 0.25) is 0 Å². The fourth-order valence-electron chi connectivity index (χ4n) is 2.30. The molecule has 0 fully saturated rings. The lowest BCUT2D eigenvalue weighted by molar-refractivity contribution is -0.123. The molecule has 0 bridgehead atoms. The summed E-state index contributed by atoms with van der Waals surface area (Å²) in [5.74, 6) is 1.51. The summed E-state index contributed by atoms with van der Waals surface area (Å²) in [6.07, 6.45) is 2.46. The number of amides is 1. The zero-order valence-corrected chi connectivity index (χ0v) is 14.3. The van der Waals surface area contributed by atoms with Crippen LogP contribution in [0.1, 0.15) is 10.4 Å². The minimum absolute atomic E-state index is 0.0347. The number of carbonyl (C=O) groups is 1. The Kier molecular flexibility index (Phi) is 5.33. The van der Waals surface area contributed by atoms with Crippen LogP contribution in [0.5, 0.6) is 5.75 Å². The number of aryl methyl sites for hydroxylation is 1. The van der Waals surface area contributed by atoms with Gasteiger partial charge in [-0.3, -0.25) is 4.79 Å². The first-order chi connectivity index (χ1) is 11.7. The standard InChI is InChI=1S/C19H19NO3S/c1-14-5-2-3-6-16(14)23-13-19(21)20-11-10-15-8-9-18(24-15)17-7-4-12-22-17/h2-9,12H,10-11,13H2,1H3,(H,20,21). The smallest absolute Gasteiger partial charge is 0.257 e. The van der Waals surface area contributed by atoms with Crippen molar-refractivity contribution < 1.29 is 13.9 Å². The number of thiophene rings is 1. The molecule has 3 rings (SSSR count). The molecular weight excluding hydrogens is 322 g/mol. The molecule has 2 heterocycles. The van der Waals surface area contributed by atoms with Crippen LogP contribution in [-0.4, -0.2) is 19.1 Å². The second-order valence-electron chi connectivity index (χ2n) is 5.40. The van der Waals surface area contributed by atoms with E-state index in [0.29, 0.717) is 6.54 Å². The SMILES string of the molecule is Cc1ccccc1OCC(=O)NCCc1ccc(-c2ccco2)s1. The molecule has 0 unspecified atom stereocenters. The van der Waals surface area contributed by atoms with Crippen molar-refractivity contribution in [3.05, 3.63) is 65.2 Å². The second kappa shape index (κ2) is 7.84. The highest BCUT2D eigenvalue weighted by Crippen LogP contribution is 2.28. The first kappa shape index (κ1) is 16.3. The molecule has 124 valence electrons. The van der Waals surface area contributed by atoms with Gasteiger partial charge >= 0.3 is 0 Å². The number of hydrogen-bond donors (Lipinski definition) is 1. The summed E-state index contributed by atoms with van der Waals surface area (Å²) in [5, 5.41) is 2.88. The van der Waals surface area contributed by atoms with Crippen LogP contribution >= 0.6 is 11.3 Å². The maximum absolute atomic E-state index is 11.9. The first-order valence-electron chi connectivity index (χ1n) is 7.80. The van der Waals surface area contributed by atoms with Crippen molar-refractivity contribution in [1.29, 1.82) is 0 Å². The molecule has 5 heteroatoms. The van der Waals surface area contributed by atoms with Crippen molar-refractivity contribution in [2.75, 3.05) is 13.2 Å². The number of para-hydroxylation sites is 1. The quantitative estimate of drug-likeness (QED) is 0.705. The van der Waals surface area contributed by atoms with Gasteiger partial charge in [-0.1, -0.05) is 18.2 Å². The third kappa shape index (κ3) is 4.26. The molecule has 0 radical (unpaired) electrons. The van der Waals surface area contributed by atoms with E-state index in [-0.39, 0.29) is 12.5 Å². The molecule has 0 atom stereocenters. The Morgan fingerprint density at radius 1 is 1.17 bits per heavy atom. The lowest BCUT2D eigenvalue weighted by atomic mass is 10.2. The van der Waals surface area contributed by atoms with Crippen molar-refractivity contribution >= 4 is 17.2 Å². The van der Waals surface area contributed by atoms with Gasteiger partial charge in [0.15, 0.2) is 6.61 Å². The number of carbonyl (C=O) groups excluding carboxylic acids is 1. The number of rotatable bonds is 7. The fraction of sp³-hybridized carbons (Fsp3) is 0.211. The van der Waals surface area contributed by atoms with Gasteiger partial charge < -0.3 is 14.5 Å². The van der Waals surface area contributed by atoms with E-state index in [1.807, 2.05) is 49.4 Å². The van der Waals surface area contributed by atoms with Crippen molar-refractivity contribution in [3.8, 4) is 16.4 Å². The van der Waals surface area contributed by atoms with E-state index in [4.69, 9.17) is 9.15 Å². The molecule has 24 heavy (non-hydrogen) atoms. The van der Waals surface area contributed by atoms with Crippen LogP contribution in [0.3, 0.4) is 0 Å². The molecule has 1 aromatic carbocycles. The summed E-state index contributed by atoms with van der Waals surface area (Å²) in [4.78, 5) is 14.2. The second-order valence-corrected chi connectivity index (χ2v) is 6.57. The minimum Gasteiger partial charge on any atom is -0.484 e. The molecule has 0 aliphatic heterocycles. The summed E-state index contributed by atoms with van der Waals surface area (Å²) in [7, 11) is 0. The number of nitrogens with one attached hydrogen (secondary N) is 1. The van der Waals surface area contributed by atoms with Gasteiger partial charge in [-0.15, -0.1) is 11.3 Å². The van der Waals surface area contributed by atoms with E-state index in [1.165, 1.54) is 4.88 Å². The van der Waals surface area contributed by atoms with Gasteiger partial charge in [-0.25, -0.2) is 0 Å². The number of ether oxygens (including phenoxy) is 1. The number of benzene rings is 1. The molecule has 1 amide bonds. The van der Waals surface area contributed by atoms with E-state index in [9.17, 15) is 4.79 Å².